The van der Waals surface area contributed by atoms with Gasteiger partial charge in [-0.05, 0) is 126 Å². The quantitative estimate of drug-likeness (QED) is 0.116. The van der Waals surface area contributed by atoms with E-state index in [4.69, 9.17) is 9.47 Å². The van der Waals surface area contributed by atoms with Gasteiger partial charge in [0.2, 0.25) is 5.91 Å². The average molecular weight is 788 g/mol. The molecule has 1 aromatic heterocycles. The van der Waals surface area contributed by atoms with Crippen molar-refractivity contribution in [1.29, 1.82) is 0 Å². The van der Waals surface area contributed by atoms with Crippen LogP contribution in [0.15, 0.2) is 84.0 Å². The molecule has 15 heteroatoms. The first kappa shape index (κ1) is 41.6. The standard InChI is InChI=1S/C41H49N5O9S/c1-40(2,3)54-38(50)46(39(51)55-41(4,5)6)45(32-14-12-29-25-43-20-19-27(29)23-32)36(37(48)49)28-10-8-9-26(21-28)11-18-35(47)44-31-13-17-34(30(22-31)24-42-7)56(52,53)33-15-16-33/h8-10,12-14,17,19-23,25,33,36,42H,11,15-16,18,24H2,1-7H3,(H,44,47)(H,48,49). The minimum absolute atomic E-state index is 0.00897. The van der Waals surface area contributed by atoms with Crippen molar-refractivity contribution in [3.05, 3.63) is 95.8 Å². The van der Waals surface area contributed by atoms with Gasteiger partial charge in [-0.3, -0.25) is 14.8 Å². The third kappa shape index (κ3) is 10.4. The number of rotatable bonds is 13. The predicted molar refractivity (Wildman–Crippen MR) is 212 cm³/mol. The van der Waals surface area contributed by atoms with E-state index in [1.54, 1.807) is 122 Å². The van der Waals surface area contributed by atoms with Crippen molar-refractivity contribution in [1.82, 2.24) is 15.3 Å². The van der Waals surface area contributed by atoms with Crippen LogP contribution in [0, 0.1) is 0 Å². The Balaban J connectivity index is 1.47. The van der Waals surface area contributed by atoms with Crippen LogP contribution in [0.2, 0.25) is 0 Å². The molecule has 1 atom stereocenters. The number of carbonyl (C=O) groups excluding carboxylic acids is 3. The van der Waals surface area contributed by atoms with Gasteiger partial charge in [0.25, 0.3) is 0 Å². The van der Waals surface area contributed by atoms with Crippen molar-refractivity contribution in [3.8, 4) is 0 Å². The second-order valence-electron chi connectivity index (χ2n) is 15.7. The van der Waals surface area contributed by atoms with Gasteiger partial charge in [-0.25, -0.2) is 22.8 Å². The number of imide groups is 1. The minimum atomic E-state index is -3.45. The number of ether oxygens (including phenoxy) is 2. The first-order valence-corrected chi connectivity index (χ1v) is 19.8. The molecule has 0 saturated heterocycles. The number of nitrogens with one attached hydrogen (secondary N) is 2. The van der Waals surface area contributed by atoms with Crippen molar-refractivity contribution >= 4 is 56.0 Å². The lowest BCUT2D eigenvalue weighted by molar-refractivity contribution is -0.139. The fourth-order valence-corrected chi connectivity index (χ4v) is 7.93. The van der Waals surface area contributed by atoms with Crippen molar-refractivity contribution in [2.45, 2.75) is 101 Å². The number of fused-ring (bicyclic) bond motifs is 1. The fourth-order valence-electron chi connectivity index (χ4n) is 6.06. The number of hydrogen-bond acceptors (Lipinski definition) is 11. The number of hydrogen-bond donors (Lipinski definition) is 3. The van der Waals surface area contributed by atoms with E-state index < -0.39 is 45.2 Å². The van der Waals surface area contributed by atoms with Crippen LogP contribution in [0.1, 0.15) is 83.5 Å². The summed E-state index contributed by atoms with van der Waals surface area (Å²) in [5.41, 5.74) is -0.150. The second-order valence-corrected chi connectivity index (χ2v) is 17.9. The molecule has 0 spiro atoms. The predicted octanol–water partition coefficient (Wildman–Crippen LogP) is 7.18. The summed E-state index contributed by atoms with van der Waals surface area (Å²) < 4.78 is 37.3. The summed E-state index contributed by atoms with van der Waals surface area (Å²) in [6.07, 6.45) is 2.38. The molecule has 1 fully saturated rings. The number of aryl methyl sites for hydroxylation is 1. The Morgan fingerprint density at radius 1 is 0.893 bits per heavy atom. The van der Waals surface area contributed by atoms with Gasteiger partial charge in [0.1, 0.15) is 11.2 Å². The van der Waals surface area contributed by atoms with Crippen LogP contribution in [0.3, 0.4) is 0 Å². The van der Waals surface area contributed by atoms with Crippen LogP contribution in [-0.2, 0) is 41.9 Å². The number of aromatic nitrogens is 1. The zero-order chi connectivity index (χ0) is 41.0. The van der Waals surface area contributed by atoms with E-state index >= 15 is 0 Å². The molecule has 298 valence electrons. The molecular formula is C41H49N5O9S. The fraction of sp³-hybridized carbons (Fsp3) is 0.390. The summed E-state index contributed by atoms with van der Waals surface area (Å²) >= 11 is 0. The molecule has 5 rings (SSSR count). The highest BCUT2D eigenvalue weighted by Crippen LogP contribution is 2.36. The molecule has 1 heterocycles. The van der Waals surface area contributed by atoms with E-state index in [1.165, 1.54) is 6.07 Å². The largest absolute Gasteiger partial charge is 0.479 e. The van der Waals surface area contributed by atoms with Gasteiger partial charge < -0.3 is 25.2 Å². The number of carboxylic acids is 1. The maximum Gasteiger partial charge on any atom is 0.439 e. The molecule has 0 radical (unpaired) electrons. The SMILES string of the molecule is CNCc1cc(NC(=O)CCc2cccc(C(C(=O)O)N(c3ccc4cnccc4c3)N(C(=O)OC(C)(C)C)C(=O)OC(C)(C)C)c2)ccc1S(=O)(=O)C1CC1. The van der Waals surface area contributed by atoms with Gasteiger partial charge >= 0.3 is 18.2 Å². The van der Waals surface area contributed by atoms with Crippen LogP contribution >= 0.6 is 0 Å². The third-order valence-corrected chi connectivity index (χ3v) is 11.0. The van der Waals surface area contributed by atoms with Gasteiger partial charge in [-0.2, -0.15) is 0 Å². The van der Waals surface area contributed by atoms with E-state index in [1.807, 2.05) is 0 Å². The second kappa shape index (κ2) is 16.7. The van der Waals surface area contributed by atoms with Crippen molar-refractivity contribution in [2.24, 2.45) is 0 Å². The number of anilines is 2. The molecular weight excluding hydrogens is 739 g/mol. The molecule has 3 N–H and O–H groups in total. The van der Waals surface area contributed by atoms with Crippen LogP contribution in [0.4, 0.5) is 21.0 Å². The van der Waals surface area contributed by atoms with Crippen LogP contribution in [0.25, 0.3) is 10.8 Å². The van der Waals surface area contributed by atoms with Gasteiger partial charge in [0, 0.05) is 36.4 Å². The summed E-state index contributed by atoms with van der Waals surface area (Å²) in [6, 6.07) is 16.3. The number of nitrogens with zero attached hydrogens (tertiary/aromatic N) is 3. The Morgan fingerprint density at radius 3 is 2.18 bits per heavy atom. The topological polar surface area (TPSA) is 185 Å². The number of benzene rings is 3. The molecule has 3 amide bonds. The molecule has 1 aliphatic rings. The lowest BCUT2D eigenvalue weighted by Gasteiger charge is -2.39. The number of hydrazine groups is 1. The first-order chi connectivity index (χ1) is 26.3. The van der Waals surface area contributed by atoms with Crippen molar-refractivity contribution in [3.63, 3.8) is 0 Å². The monoisotopic (exact) mass is 787 g/mol. The highest BCUT2D eigenvalue weighted by Gasteiger charge is 2.43. The van der Waals surface area contributed by atoms with Crippen LogP contribution < -0.4 is 15.6 Å². The highest BCUT2D eigenvalue weighted by molar-refractivity contribution is 7.92. The molecule has 1 saturated carbocycles. The number of aliphatic carboxylic acids is 1. The Morgan fingerprint density at radius 2 is 1.57 bits per heavy atom. The molecule has 0 bridgehead atoms. The number of pyridine rings is 1. The molecule has 14 nitrogen and oxygen atoms in total. The minimum Gasteiger partial charge on any atom is -0.479 e. The van der Waals surface area contributed by atoms with Gasteiger partial charge in [-0.1, -0.05) is 30.3 Å². The zero-order valence-electron chi connectivity index (χ0n) is 32.7. The van der Waals surface area contributed by atoms with E-state index in [9.17, 15) is 32.7 Å². The van der Waals surface area contributed by atoms with E-state index in [-0.39, 0.29) is 40.1 Å². The lowest BCUT2D eigenvalue weighted by Crippen LogP contribution is -2.56. The normalized spacial score (nSPS) is 13.8. The van der Waals surface area contributed by atoms with Crippen LogP contribution in [0.5, 0.6) is 0 Å². The lowest BCUT2D eigenvalue weighted by atomic mass is 10.00. The number of carboxylic acid groups (broad SMARTS) is 1. The smallest absolute Gasteiger partial charge is 0.439 e. The molecule has 56 heavy (non-hydrogen) atoms. The number of amides is 3. The summed E-state index contributed by atoms with van der Waals surface area (Å²) in [4.78, 5) is 58.9. The van der Waals surface area contributed by atoms with Crippen molar-refractivity contribution < 1.29 is 42.2 Å². The van der Waals surface area contributed by atoms with Gasteiger partial charge in [0.15, 0.2) is 15.9 Å². The van der Waals surface area contributed by atoms with Crippen LogP contribution in [-0.4, -0.2) is 71.1 Å². The van der Waals surface area contributed by atoms with Crippen molar-refractivity contribution in [2.75, 3.05) is 17.4 Å². The third-order valence-electron chi connectivity index (χ3n) is 8.60. The maximum atomic E-state index is 14.0. The van der Waals surface area contributed by atoms with Gasteiger partial charge in [0.05, 0.1) is 15.8 Å². The van der Waals surface area contributed by atoms with E-state index in [0.717, 1.165) is 10.4 Å². The highest BCUT2D eigenvalue weighted by atomic mass is 32.2. The zero-order valence-corrected chi connectivity index (χ0v) is 33.5. The summed E-state index contributed by atoms with van der Waals surface area (Å²) in [6.45, 7) is 10.0. The molecule has 4 aromatic rings. The molecule has 3 aromatic carbocycles. The number of sulfone groups is 1. The average Bonchev–Trinajstić information content (AvgIpc) is 3.96. The molecule has 0 aliphatic heterocycles. The summed E-state index contributed by atoms with van der Waals surface area (Å²) in [5, 5.41) is 19.4. The first-order valence-electron chi connectivity index (χ1n) is 18.3. The Bertz CT molecular complexity index is 2200. The summed E-state index contributed by atoms with van der Waals surface area (Å²) in [5.74, 6) is -1.73. The van der Waals surface area contributed by atoms with E-state index in [0.29, 0.717) is 46.6 Å². The molecule has 1 unspecified atom stereocenters. The molecule has 1 aliphatic carbocycles. The van der Waals surface area contributed by atoms with Gasteiger partial charge in [-0.15, -0.1) is 5.01 Å². The summed E-state index contributed by atoms with van der Waals surface area (Å²) in [7, 11) is -1.73. The Kier molecular flexibility index (Phi) is 12.4. The number of carbonyl (C=O) groups is 4. The Hall–Kier alpha value is -5.54. The maximum absolute atomic E-state index is 14.0. The Labute approximate surface area is 327 Å². The van der Waals surface area contributed by atoms with E-state index in [2.05, 4.69) is 15.6 Å².